The molecule has 0 aliphatic carbocycles. The van der Waals surface area contributed by atoms with Crippen LogP contribution < -0.4 is 5.69 Å². The van der Waals surface area contributed by atoms with Crippen molar-refractivity contribution in [2.75, 3.05) is 14.2 Å². The maximum atomic E-state index is 14.0. The SMILES string of the molecule is COC(OC)c1c(CCC(C)C)n(CCc2ccc(-c3ccccc3-c3nnn[nH]3)cc2)c(=O)n1C(=O)Cc1ccccc1. The number of tetrazole rings is 1. The van der Waals surface area contributed by atoms with Gasteiger partial charge in [-0.25, -0.2) is 14.5 Å². The molecule has 5 rings (SSSR count). The Hall–Kier alpha value is -4.67. The lowest BCUT2D eigenvalue weighted by Gasteiger charge is -2.18. The van der Waals surface area contributed by atoms with Gasteiger partial charge in [-0.2, -0.15) is 0 Å². The predicted molar refractivity (Wildman–Crippen MR) is 168 cm³/mol. The van der Waals surface area contributed by atoms with Gasteiger partial charge < -0.3 is 9.47 Å². The number of ether oxygens (including phenoxy) is 2. The monoisotopic (exact) mass is 594 g/mol. The second-order valence-electron chi connectivity index (χ2n) is 11.1. The lowest BCUT2D eigenvalue weighted by molar-refractivity contribution is -0.110. The van der Waals surface area contributed by atoms with Crippen molar-refractivity contribution in [1.29, 1.82) is 0 Å². The molecule has 10 nitrogen and oxygen atoms in total. The van der Waals surface area contributed by atoms with Gasteiger partial charge in [0.25, 0.3) is 0 Å². The topological polar surface area (TPSA) is 117 Å². The van der Waals surface area contributed by atoms with E-state index in [1.165, 1.54) is 18.8 Å². The Bertz CT molecular complexity index is 1720. The summed E-state index contributed by atoms with van der Waals surface area (Å²) in [5.74, 6) is 0.692. The quantitative estimate of drug-likeness (QED) is 0.179. The summed E-state index contributed by atoms with van der Waals surface area (Å²) in [5.41, 5.74) is 5.71. The number of benzene rings is 3. The van der Waals surface area contributed by atoms with Gasteiger partial charge in [-0.1, -0.05) is 92.7 Å². The maximum absolute atomic E-state index is 14.0. The molecule has 0 saturated heterocycles. The Morgan fingerprint density at radius 1 is 0.864 bits per heavy atom. The zero-order valence-corrected chi connectivity index (χ0v) is 25.6. The average molecular weight is 595 g/mol. The molecule has 10 heteroatoms. The minimum absolute atomic E-state index is 0.0919. The van der Waals surface area contributed by atoms with Gasteiger partial charge in [-0.3, -0.25) is 9.36 Å². The van der Waals surface area contributed by atoms with Crippen molar-refractivity contribution in [3.63, 3.8) is 0 Å². The molecular weight excluding hydrogens is 556 g/mol. The van der Waals surface area contributed by atoms with Crippen molar-refractivity contribution >= 4 is 5.91 Å². The third-order valence-electron chi connectivity index (χ3n) is 7.76. The molecule has 0 atom stereocenters. The molecule has 2 aromatic heterocycles. The van der Waals surface area contributed by atoms with Gasteiger partial charge >= 0.3 is 5.69 Å². The van der Waals surface area contributed by atoms with Gasteiger partial charge in [0, 0.05) is 32.0 Å². The van der Waals surface area contributed by atoms with Gasteiger partial charge in [-0.05, 0) is 57.9 Å². The molecular formula is C34H38N6O4. The maximum Gasteiger partial charge on any atom is 0.335 e. The first-order valence-corrected chi connectivity index (χ1v) is 14.8. The van der Waals surface area contributed by atoms with Crippen LogP contribution in [0.4, 0.5) is 0 Å². The van der Waals surface area contributed by atoms with Crippen LogP contribution in [0.2, 0.25) is 0 Å². The lowest BCUT2D eigenvalue weighted by atomic mass is 9.98. The fourth-order valence-corrected chi connectivity index (χ4v) is 5.48. The van der Waals surface area contributed by atoms with E-state index in [2.05, 4.69) is 58.7 Å². The van der Waals surface area contributed by atoms with Gasteiger partial charge in [0.1, 0.15) is 5.69 Å². The number of rotatable bonds is 13. The molecule has 228 valence electrons. The van der Waals surface area contributed by atoms with Crippen LogP contribution in [0.3, 0.4) is 0 Å². The molecule has 0 fully saturated rings. The number of hydrogen-bond acceptors (Lipinski definition) is 7. The lowest BCUT2D eigenvalue weighted by Crippen LogP contribution is -2.32. The molecule has 0 unspecified atom stereocenters. The molecule has 0 aliphatic rings. The van der Waals surface area contributed by atoms with Crippen molar-refractivity contribution in [3.8, 4) is 22.5 Å². The Balaban J connectivity index is 1.47. The number of nitrogens with one attached hydrogen (secondary N) is 1. The van der Waals surface area contributed by atoms with E-state index < -0.39 is 6.29 Å². The highest BCUT2D eigenvalue weighted by Crippen LogP contribution is 2.30. The Kier molecular flexibility index (Phi) is 9.93. The third kappa shape index (κ3) is 6.77. The number of aryl methyl sites for hydroxylation is 1. The van der Waals surface area contributed by atoms with E-state index in [1.807, 2.05) is 54.6 Å². The van der Waals surface area contributed by atoms with E-state index in [0.717, 1.165) is 39.9 Å². The van der Waals surface area contributed by atoms with E-state index in [4.69, 9.17) is 9.47 Å². The van der Waals surface area contributed by atoms with Crippen LogP contribution in [0.1, 0.15) is 53.9 Å². The highest BCUT2D eigenvalue weighted by atomic mass is 16.7. The summed E-state index contributed by atoms with van der Waals surface area (Å²) in [6.07, 6.45) is 1.30. The van der Waals surface area contributed by atoms with E-state index in [0.29, 0.717) is 36.8 Å². The number of carbonyl (C=O) groups is 1. The molecule has 1 N–H and O–H groups in total. The first kappa shape index (κ1) is 30.8. The molecule has 0 amide bonds. The minimum Gasteiger partial charge on any atom is -0.350 e. The van der Waals surface area contributed by atoms with E-state index in [1.54, 1.807) is 4.57 Å². The Morgan fingerprint density at radius 2 is 1.55 bits per heavy atom. The number of imidazole rings is 1. The van der Waals surface area contributed by atoms with Crippen molar-refractivity contribution in [2.24, 2.45) is 5.92 Å². The molecule has 0 spiro atoms. The average Bonchev–Trinajstić information content (AvgIpc) is 3.67. The summed E-state index contributed by atoms with van der Waals surface area (Å²) >= 11 is 0. The van der Waals surface area contributed by atoms with E-state index >= 15 is 0 Å². The molecule has 0 bridgehead atoms. The summed E-state index contributed by atoms with van der Waals surface area (Å²) in [5, 5.41) is 14.3. The summed E-state index contributed by atoms with van der Waals surface area (Å²) in [6, 6.07) is 25.6. The summed E-state index contributed by atoms with van der Waals surface area (Å²) in [6.45, 7) is 4.69. The fraction of sp³-hybridized carbons (Fsp3) is 0.324. The summed E-state index contributed by atoms with van der Waals surface area (Å²) in [4.78, 5) is 27.7. The van der Waals surface area contributed by atoms with Crippen molar-refractivity contribution in [2.45, 2.75) is 52.4 Å². The molecule has 44 heavy (non-hydrogen) atoms. The first-order chi connectivity index (χ1) is 21.4. The van der Waals surface area contributed by atoms with Crippen LogP contribution in [0.25, 0.3) is 22.5 Å². The number of aromatic amines is 1. The van der Waals surface area contributed by atoms with Crippen LogP contribution in [-0.2, 0) is 35.3 Å². The van der Waals surface area contributed by atoms with Gasteiger partial charge in [0.05, 0.1) is 6.42 Å². The van der Waals surface area contributed by atoms with Crippen molar-refractivity contribution in [3.05, 3.63) is 112 Å². The normalized spacial score (nSPS) is 11.5. The van der Waals surface area contributed by atoms with Crippen LogP contribution in [0, 0.1) is 5.92 Å². The standard InChI is InChI=1S/C34H38N6O4/c1-23(2)14-19-29-31(33(43-3)44-4)40(30(41)22-25-10-6-5-7-11-25)34(42)39(29)21-20-24-15-17-26(18-16-24)27-12-8-9-13-28(27)32-35-37-38-36-32/h5-13,15-18,23,33H,14,19-22H2,1-4H3,(H,35,36,37,38). The predicted octanol–water partition coefficient (Wildman–Crippen LogP) is 5.50. The third-order valence-corrected chi connectivity index (χ3v) is 7.76. The molecule has 0 aliphatic heterocycles. The number of aromatic nitrogens is 6. The number of methoxy groups -OCH3 is 2. The largest absolute Gasteiger partial charge is 0.350 e. The van der Waals surface area contributed by atoms with Gasteiger partial charge in [-0.15, -0.1) is 5.10 Å². The van der Waals surface area contributed by atoms with E-state index in [9.17, 15) is 9.59 Å². The van der Waals surface area contributed by atoms with Crippen LogP contribution in [0.5, 0.6) is 0 Å². The van der Waals surface area contributed by atoms with Crippen LogP contribution in [0.15, 0.2) is 83.7 Å². The zero-order chi connectivity index (χ0) is 31.1. The summed E-state index contributed by atoms with van der Waals surface area (Å²) in [7, 11) is 3.04. The smallest absolute Gasteiger partial charge is 0.335 e. The van der Waals surface area contributed by atoms with Gasteiger partial charge in [0.2, 0.25) is 12.2 Å². The minimum atomic E-state index is -0.857. The number of hydrogen-bond donors (Lipinski definition) is 1. The number of H-pyrrole nitrogens is 1. The van der Waals surface area contributed by atoms with Crippen LogP contribution in [-0.4, -0.2) is 49.9 Å². The Morgan fingerprint density at radius 3 is 2.18 bits per heavy atom. The molecule has 2 heterocycles. The first-order valence-electron chi connectivity index (χ1n) is 14.8. The second-order valence-corrected chi connectivity index (χ2v) is 11.1. The highest BCUT2D eigenvalue weighted by Gasteiger charge is 2.29. The summed E-state index contributed by atoms with van der Waals surface area (Å²) < 4.78 is 14.3. The van der Waals surface area contributed by atoms with Crippen LogP contribution >= 0.6 is 0 Å². The molecule has 0 radical (unpaired) electrons. The molecule has 5 aromatic rings. The van der Waals surface area contributed by atoms with Crippen molar-refractivity contribution < 1.29 is 14.3 Å². The van der Waals surface area contributed by atoms with Gasteiger partial charge in [0.15, 0.2) is 5.82 Å². The second kappa shape index (κ2) is 14.2. The number of carbonyl (C=O) groups excluding carboxylic acids is 1. The zero-order valence-electron chi connectivity index (χ0n) is 25.6. The highest BCUT2D eigenvalue weighted by molar-refractivity contribution is 5.82. The van der Waals surface area contributed by atoms with E-state index in [-0.39, 0.29) is 18.0 Å². The Labute approximate surface area is 256 Å². The number of nitrogens with zero attached hydrogens (tertiary/aromatic N) is 5. The fourth-order valence-electron chi connectivity index (χ4n) is 5.48. The molecule has 3 aromatic carbocycles. The van der Waals surface area contributed by atoms with Crippen molar-refractivity contribution in [1.82, 2.24) is 29.8 Å². The molecule has 0 saturated carbocycles.